The third-order valence-corrected chi connectivity index (χ3v) is 3.60. The van der Waals surface area contributed by atoms with Gasteiger partial charge < -0.3 is 11.1 Å². The minimum absolute atomic E-state index is 0.0281. The molecule has 0 saturated heterocycles. The van der Waals surface area contributed by atoms with Crippen LogP contribution in [0.4, 0.5) is 15.9 Å². The summed E-state index contributed by atoms with van der Waals surface area (Å²) in [6, 6.07) is 5.73. The van der Waals surface area contributed by atoms with Crippen LogP contribution in [0.2, 0.25) is 5.02 Å². The van der Waals surface area contributed by atoms with Crippen molar-refractivity contribution >= 4 is 40.8 Å². The van der Waals surface area contributed by atoms with Crippen LogP contribution in [0.25, 0.3) is 0 Å². The van der Waals surface area contributed by atoms with Crippen LogP contribution in [0.1, 0.15) is 5.56 Å². The van der Waals surface area contributed by atoms with Crippen LogP contribution < -0.4 is 11.1 Å². The molecule has 9 heteroatoms. The SMILES string of the molecule is N#Cc1cnc(SCC(=O)Nc2ccc(F)c(Cl)c2)nc1N. The summed E-state index contributed by atoms with van der Waals surface area (Å²) in [5.41, 5.74) is 6.12. The molecule has 0 atom stereocenters. The van der Waals surface area contributed by atoms with Crippen LogP contribution in [0, 0.1) is 17.1 Å². The molecule has 2 aromatic rings. The number of hydrogen-bond acceptors (Lipinski definition) is 6. The maximum atomic E-state index is 13.0. The molecule has 1 aromatic carbocycles. The number of nitrogens with one attached hydrogen (secondary N) is 1. The first-order chi connectivity index (χ1) is 10.5. The van der Waals surface area contributed by atoms with Crippen molar-refractivity contribution in [2.75, 3.05) is 16.8 Å². The smallest absolute Gasteiger partial charge is 0.234 e. The van der Waals surface area contributed by atoms with Gasteiger partial charge in [0.1, 0.15) is 23.3 Å². The minimum Gasteiger partial charge on any atom is -0.382 e. The van der Waals surface area contributed by atoms with Crippen molar-refractivity contribution < 1.29 is 9.18 Å². The predicted octanol–water partition coefficient (Wildman–Crippen LogP) is 2.45. The first kappa shape index (κ1) is 16.0. The largest absolute Gasteiger partial charge is 0.382 e. The Morgan fingerprint density at radius 2 is 2.32 bits per heavy atom. The number of carbonyl (C=O) groups excluding carboxylic acids is 1. The fourth-order valence-electron chi connectivity index (χ4n) is 1.43. The van der Waals surface area contributed by atoms with Gasteiger partial charge in [-0.25, -0.2) is 14.4 Å². The number of carbonyl (C=O) groups is 1. The van der Waals surface area contributed by atoms with E-state index in [2.05, 4.69) is 15.3 Å². The number of hydrogen-bond donors (Lipinski definition) is 2. The number of nitrogens with zero attached hydrogens (tertiary/aromatic N) is 3. The lowest BCUT2D eigenvalue weighted by Crippen LogP contribution is -2.14. The van der Waals surface area contributed by atoms with E-state index in [0.717, 1.165) is 17.8 Å². The maximum absolute atomic E-state index is 13.0. The van der Waals surface area contributed by atoms with Crippen LogP contribution in [-0.2, 0) is 4.79 Å². The second-order valence-corrected chi connectivity index (χ2v) is 5.38. The molecule has 0 aliphatic carbocycles. The third kappa shape index (κ3) is 4.07. The lowest BCUT2D eigenvalue weighted by Gasteiger charge is -2.06. The van der Waals surface area contributed by atoms with Crippen LogP contribution >= 0.6 is 23.4 Å². The van der Waals surface area contributed by atoms with Gasteiger partial charge in [-0.2, -0.15) is 5.26 Å². The molecule has 0 saturated carbocycles. The number of benzene rings is 1. The standard InChI is InChI=1S/C13H9ClFN5OS/c14-9-3-8(1-2-10(9)15)19-11(21)6-22-13-18-5-7(4-16)12(17)20-13/h1-3,5H,6H2,(H,19,21)(H2,17,18,20). The van der Waals surface area contributed by atoms with E-state index >= 15 is 0 Å². The fourth-order valence-corrected chi connectivity index (χ4v) is 2.24. The number of nitriles is 1. The summed E-state index contributed by atoms with van der Waals surface area (Å²) in [6.45, 7) is 0. The Morgan fingerprint density at radius 1 is 1.55 bits per heavy atom. The van der Waals surface area contributed by atoms with Gasteiger partial charge in [-0.3, -0.25) is 4.79 Å². The van der Waals surface area contributed by atoms with Gasteiger partial charge in [0.25, 0.3) is 0 Å². The Hall–Kier alpha value is -2.37. The molecule has 6 nitrogen and oxygen atoms in total. The zero-order valence-corrected chi connectivity index (χ0v) is 12.6. The van der Waals surface area contributed by atoms with Crippen molar-refractivity contribution in [2.24, 2.45) is 0 Å². The Labute approximate surface area is 134 Å². The lowest BCUT2D eigenvalue weighted by atomic mass is 10.3. The molecular weight excluding hydrogens is 329 g/mol. The maximum Gasteiger partial charge on any atom is 0.234 e. The van der Waals surface area contributed by atoms with Crippen LogP contribution in [0.5, 0.6) is 0 Å². The van der Waals surface area contributed by atoms with Crippen molar-refractivity contribution in [1.29, 1.82) is 5.26 Å². The first-order valence-electron chi connectivity index (χ1n) is 5.90. The highest BCUT2D eigenvalue weighted by Gasteiger charge is 2.09. The molecule has 1 aromatic heterocycles. The van der Waals surface area contributed by atoms with Crippen molar-refractivity contribution in [3.05, 3.63) is 40.8 Å². The summed E-state index contributed by atoms with van der Waals surface area (Å²) in [4.78, 5) is 19.6. The van der Waals surface area contributed by atoms with Crippen LogP contribution in [-0.4, -0.2) is 21.6 Å². The zero-order chi connectivity index (χ0) is 16.1. The summed E-state index contributed by atoms with van der Waals surface area (Å²) < 4.78 is 13.0. The van der Waals surface area contributed by atoms with E-state index in [1.807, 2.05) is 6.07 Å². The first-order valence-corrected chi connectivity index (χ1v) is 7.26. The Bertz CT molecular complexity index is 765. The third-order valence-electron chi connectivity index (χ3n) is 2.45. The number of thioether (sulfide) groups is 1. The molecule has 1 heterocycles. The number of nitrogen functional groups attached to an aromatic ring is 1. The monoisotopic (exact) mass is 337 g/mol. The van der Waals surface area contributed by atoms with Gasteiger partial charge in [-0.05, 0) is 18.2 Å². The molecular formula is C13H9ClFN5OS. The summed E-state index contributed by atoms with van der Waals surface area (Å²) in [7, 11) is 0. The second-order valence-electron chi connectivity index (χ2n) is 4.03. The molecule has 2 rings (SSSR count). The molecule has 22 heavy (non-hydrogen) atoms. The van der Waals surface area contributed by atoms with Crippen molar-refractivity contribution in [3.63, 3.8) is 0 Å². The molecule has 0 bridgehead atoms. The Balaban J connectivity index is 1.94. The highest BCUT2D eigenvalue weighted by molar-refractivity contribution is 7.99. The topological polar surface area (TPSA) is 105 Å². The Morgan fingerprint density at radius 3 is 2.95 bits per heavy atom. The normalized spacial score (nSPS) is 10.0. The van der Waals surface area contributed by atoms with Crippen molar-refractivity contribution in [2.45, 2.75) is 5.16 Å². The summed E-state index contributed by atoms with van der Waals surface area (Å²) in [5, 5.41) is 11.5. The number of amides is 1. The van der Waals surface area contributed by atoms with Gasteiger partial charge >= 0.3 is 0 Å². The average Bonchev–Trinajstić information content (AvgIpc) is 2.49. The molecule has 0 spiro atoms. The quantitative estimate of drug-likeness (QED) is 0.656. The number of anilines is 2. The van der Waals surface area contributed by atoms with Gasteiger partial charge in [0.05, 0.1) is 17.0 Å². The Kier molecular flexibility index (Phi) is 5.14. The number of halogens is 2. The average molecular weight is 338 g/mol. The van der Waals surface area contributed by atoms with E-state index in [4.69, 9.17) is 22.6 Å². The van der Waals surface area contributed by atoms with E-state index in [-0.39, 0.29) is 33.2 Å². The van der Waals surface area contributed by atoms with Crippen LogP contribution in [0.3, 0.4) is 0 Å². The van der Waals surface area contributed by atoms with E-state index < -0.39 is 5.82 Å². The summed E-state index contributed by atoms with van der Waals surface area (Å²) in [6.07, 6.45) is 1.29. The van der Waals surface area contributed by atoms with Gasteiger partial charge in [-0.15, -0.1) is 0 Å². The van der Waals surface area contributed by atoms with Gasteiger partial charge in [0.15, 0.2) is 5.16 Å². The minimum atomic E-state index is -0.560. The number of rotatable bonds is 4. The highest BCUT2D eigenvalue weighted by atomic mass is 35.5. The van der Waals surface area contributed by atoms with Gasteiger partial charge in [0, 0.05) is 5.69 Å². The van der Waals surface area contributed by atoms with Gasteiger partial charge in [0.2, 0.25) is 5.91 Å². The van der Waals surface area contributed by atoms with E-state index in [1.165, 1.54) is 18.3 Å². The van der Waals surface area contributed by atoms with E-state index in [0.29, 0.717) is 5.69 Å². The molecule has 3 N–H and O–H groups in total. The highest BCUT2D eigenvalue weighted by Crippen LogP contribution is 2.20. The zero-order valence-electron chi connectivity index (χ0n) is 11.0. The van der Waals surface area contributed by atoms with Crippen LogP contribution in [0.15, 0.2) is 29.6 Å². The number of nitrogens with two attached hydrogens (primary N) is 1. The number of aromatic nitrogens is 2. The van der Waals surface area contributed by atoms with Crippen molar-refractivity contribution in [1.82, 2.24) is 9.97 Å². The fraction of sp³-hybridized carbons (Fsp3) is 0.0769. The molecule has 0 aliphatic heterocycles. The van der Waals surface area contributed by atoms with Gasteiger partial charge in [-0.1, -0.05) is 23.4 Å². The summed E-state index contributed by atoms with van der Waals surface area (Å²) in [5.74, 6) is -0.805. The molecule has 0 unspecified atom stereocenters. The molecule has 0 aliphatic rings. The molecule has 0 radical (unpaired) electrons. The molecule has 0 fully saturated rings. The molecule has 112 valence electrons. The lowest BCUT2D eigenvalue weighted by molar-refractivity contribution is -0.113. The predicted molar refractivity (Wildman–Crippen MR) is 81.9 cm³/mol. The summed E-state index contributed by atoms with van der Waals surface area (Å²) >= 11 is 6.68. The second kappa shape index (κ2) is 7.06. The van der Waals surface area contributed by atoms with Crippen molar-refractivity contribution in [3.8, 4) is 6.07 Å². The molecule has 1 amide bonds. The van der Waals surface area contributed by atoms with E-state index in [9.17, 15) is 9.18 Å². The van der Waals surface area contributed by atoms with E-state index in [1.54, 1.807) is 0 Å².